The molecular formula is C16H11ClFNO2. The van der Waals surface area contributed by atoms with Gasteiger partial charge in [-0.3, -0.25) is 9.36 Å². The van der Waals surface area contributed by atoms with Crippen molar-refractivity contribution in [1.29, 1.82) is 0 Å². The molecular weight excluding hydrogens is 293 g/mol. The van der Waals surface area contributed by atoms with Crippen molar-refractivity contribution >= 4 is 28.4 Å². The average molecular weight is 304 g/mol. The average Bonchev–Trinajstić information content (AvgIpc) is 2.77. The highest BCUT2D eigenvalue weighted by Crippen LogP contribution is 2.43. The van der Waals surface area contributed by atoms with Crippen LogP contribution in [-0.2, 0) is 0 Å². The van der Waals surface area contributed by atoms with E-state index in [4.69, 9.17) is 11.6 Å². The quantitative estimate of drug-likeness (QED) is 0.721. The summed E-state index contributed by atoms with van der Waals surface area (Å²) < 4.78 is 15.0. The predicted molar refractivity (Wildman–Crippen MR) is 80.3 cm³/mol. The van der Waals surface area contributed by atoms with Gasteiger partial charge in [-0.15, -0.1) is 0 Å². The van der Waals surface area contributed by atoms with Gasteiger partial charge in [-0.1, -0.05) is 41.9 Å². The Bertz CT molecular complexity index is 856. The van der Waals surface area contributed by atoms with Crippen molar-refractivity contribution in [2.45, 2.75) is 6.92 Å². The summed E-state index contributed by atoms with van der Waals surface area (Å²) in [6, 6.07) is 11.5. The Kier molecular flexibility index (Phi) is 3.18. The van der Waals surface area contributed by atoms with Gasteiger partial charge in [-0.25, -0.2) is 4.39 Å². The standard InChI is InChI=1S/C16H11ClFNO2/c1-9(20)19-12-8-7-11(18)14(17)13(12)16(21)15(19)10-5-3-2-4-6-10/h2-8,21H,1H3. The highest BCUT2D eigenvalue weighted by molar-refractivity contribution is 6.36. The molecule has 21 heavy (non-hydrogen) atoms. The first kappa shape index (κ1) is 13.6. The monoisotopic (exact) mass is 303 g/mol. The molecule has 1 N–H and O–H groups in total. The van der Waals surface area contributed by atoms with E-state index >= 15 is 0 Å². The van der Waals surface area contributed by atoms with Crippen LogP contribution in [0.25, 0.3) is 22.2 Å². The third-order valence-electron chi connectivity index (χ3n) is 3.36. The van der Waals surface area contributed by atoms with Crippen molar-refractivity contribution in [2.75, 3.05) is 0 Å². The Morgan fingerprint density at radius 3 is 2.48 bits per heavy atom. The van der Waals surface area contributed by atoms with Crippen molar-refractivity contribution in [3.63, 3.8) is 0 Å². The summed E-state index contributed by atoms with van der Waals surface area (Å²) in [5.74, 6) is -1.13. The van der Waals surface area contributed by atoms with E-state index < -0.39 is 5.82 Å². The molecule has 1 heterocycles. The van der Waals surface area contributed by atoms with E-state index in [1.807, 2.05) is 6.07 Å². The molecule has 0 saturated heterocycles. The Balaban J connectivity index is 2.50. The lowest BCUT2D eigenvalue weighted by molar-refractivity contribution is 0.0943. The zero-order valence-corrected chi connectivity index (χ0v) is 11.9. The Hall–Kier alpha value is -2.33. The van der Waals surface area contributed by atoms with Crippen LogP contribution in [0.3, 0.4) is 0 Å². The van der Waals surface area contributed by atoms with Crippen LogP contribution in [0.15, 0.2) is 42.5 Å². The summed E-state index contributed by atoms with van der Waals surface area (Å²) in [6.45, 7) is 1.38. The smallest absolute Gasteiger partial charge is 0.228 e. The second kappa shape index (κ2) is 4.90. The van der Waals surface area contributed by atoms with Gasteiger partial charge in [0.25, 0.3) is 0 Å². The summed E-state index contributed by atoms with van der Waals surface area (Å²) >= 11 is 5.95. The van der Waals surface area contributed by atoms with Gasteiger partial charge in [0.2, 0.25) is 5.91 Å². The first-order valence-corrected chi connectivity index (χ1v) is 6.68. The minimum Gasteiger partial charge on any atom is -0.505 e. The number of fused-ring (bicyclic) bond motifs is 1. The Morgan fingerprint density at radius 1 is 1.19 bits per heavy atom. The second-order valence-corrected chi connectivity index (χ2v) is 5.05. The lowest BCUT2D eigenvalue weighted by atomic mass is 10.1. The molecule has 0 saturated carbocycles. The molecule has 1 aromatic heterocycles. The van der Waals surface area contributed by atoms with Gasteiger partial charge < -0.3 is 5.11 Å². The molecule has 0 amide bonds. The van der Waals surface area contributed by atoms with Crippen molar-refractivity contribution in [1.82, 2.24) is 4.57 Å². The van der Waals surface area contributed by atoms with Crippen LogP contribution in [0.1, 0.15) is 11.7 Å². The number of rotatable bonds is 1. The van der Waals surface area contributed by atoms with Gasteiger partial charge in [0.05, 0.1) is 21.6 Å². The van der Waals surface area contributed by atoms with Crippen molar-refractivity contribution < 1.29 is 14.3 Å². The predicted octanol–water partition coefficient (Wildman–Crippen LogP) is 4.47. The SMILES string of the molecule is CC(=O)n1c(-c2ccccc2)c(O)c2c(Cl)c(F)ccc21. The first-order chi connectivity index (χ1) is 10.0. The van der Waals surface area contributed by atoms with Gasteiger partial charge >= 0.3 is 0 Å². The van der Waals surface area contributed by atoms with E-state index in [1.54, 1.807) is 24.3 Å². The fourth-order valence-corrected chi connectivity index (χ4v) is 2.74. The maximum atomic E-state index is 13.6. The van der Waals surface area contributed by atoms with Crippen LogP contribution in [0.2, 0.25) is 5.02 Å². The molecule has 0 fully saturated rings. The molecule has 0 aliphatic rings. The highest BCUT2D eigenvalue weighted by atomic mass is 35.5. The van der Waals surface area contributed by atoms with Crippen LogP contribution in [0.4, 0.5) is 4.39 Å². The Labute approximate surface area is 125 Å². The van der Waals surface area contributed by atoms with Crippen LogP contribution in [0.5, 0.6) is 5.75 Å². The summed E-state index contributed by atoms with van der Waals surface area (Å²) in [4.78, 5) is 12.0. The van der Waals surface area contributed by atoms with Crippen LogP contribution >= 0.6 is 11.6 Å². The number of benzene rings is 2. The van der Waals surface area contributed by atoms with Crippen LogP contribution < -0.4 is 0 Å². The topological polar surface area (TPSA) is 42.2 Å². The van der Waals surface area contributed by atoms with Crippen molar-refractivity contribution in [2.24, 2.45) is 0 Å². The molecule has 0 aliphatic heterocycles. The summed E-state index contributed by atoms with van der Waals surface area (Å²) in [5.41, 5.74) is 1.34. The summed E-state index contributed by atoms with van der Waals surface area (Å²) in [7, 11) is 0. The van der Waals surface area contributed by atoms with Crippen molar-refractivity contribution in [3.8, 4) is 17.0 Å². The number of nitrogens with zero attached hydrogens (tertiary/aromatic N) is 1. The molecule has 3 nitrogen and oxygen atoms in total. The lowest BCUT2D eigenvalue weighted by Crippen LogP contribution is -2.06. The molecule has 0 spiro atoms. The maximum absolute atomic E-state index is 13.6. The molecule has 3 rings (SSSR count). The number of halogens is 2. The fraction of sp³-hybridized carbons (Fsp3) is 0.0625. The highest BCUT2D eigenvalue weighted by Gasteiger charge is 2.23. The largest absolute Gasteiger partial charge is 0.505 e. The molecule has 106 valence electrons. The molecule has 0 radical (unpaired) electrons. The van der Waals surface area contributed by atoms with E-state index in [0.717, 1.165) is 0 Å². The molecule has 0 aliphatic carbocycles. The van der Waals surface area contributed by atoms with Gasteiger partial charge in [0.1, 0.15) is 5.82 Å². The molecule has 0 bridgehead atoms. The third kappa shape index (κ3) is 1.99. The zero-order valence-electron chi connectivity index (χ0n) is 11.1. The van der Waals surface area contributed by atoms with Crippen LogP contribution in [0, 0.1) is 5.82 Å². The van der Waals surface area contributed by atoms with E-state index in [0.29, 0.717) is 16.8 Å². The van der Waals surface area contributed by atoms with Gasteiger partial charge in [-0.05, 0) is 12.1 Å². The maximum Gasteiger partial charge on any atom is 0.228 e. The van der Waals surface area contributed by atoms with E-state index in [2.05, 4.69) is 0 Å². The number of aromatic nitrogens is 1. The van der Waals surface area contributed by atoms with E-state index in [1.165, 1.54) is 23.6 Å². The molecule has 3 aromatic rings. The number of aromatic hydroxyl groups is 1. The normalized spacial score (nSPS) is 11.0. The molecule has 2 aromatic carbocycles. The van der Waals surface area contributed by atoms with Gasteiger partial charge in [0, 0.05) is 12.5 Å². The number of hydrogen-bond acceptors (Lipinski definition) is 2. The lowest BCUT2D eigenvalue weighted by Gasteiger charge is -2.06. The number of carbonyl (C=O) groups is 1. The van der Waals surface area contributed by atoms with E-state index in [9.17, 15) is 14.3 Å². The molecule has 0 atom stereocenters. The number of hydrogen-bond donors (Lipinski definition) is 1. The Morgan fingerprint density at radius 2 is 1.86 bits per heavy atom. The summed E-state index contributed by atoms with van der Waals surface area (Å²) in [6.07, 6.45) is 0. The zero-order chi connectivity index (χ0) is 15.1. The van der Waals surface area contributed by atoms with Gasteiger partial charge in [0.15, 0.2) is 5.75 Å². The third-order valence-corrected chi connectivity index (χ3v) is 3.73. The summed E-state index contributed by atoms with van der Waals surface area (Å²) in [5, 5.41) is 10.4. The minimum absolute atomic E-state index is 0.144. The van der Waals surface area contributed by atoms with Gasteiger partial charge in [-0.2, -0.15) is 0 Å². The molecule has 0 unspecified atom stereocenters. The van der Waals surface area contributed by atoms with Crippen molar-refractivity contribution in [3.05, 3.63) is 53.3 Å². The first-order valence-electron chi connectivity index (χ1n) is 6.30. The molecule has 5 heteroatoms. The number of carbonyl (C=O) groups excluding carboxylic acids is 1. The second-order valence-electron chi connectivity index (χ2n) is 4.67. The van der Waals surface area contributed by atoms with E-state index in [-0.39, 0.29) is 22.1 Å². The van der Waals surface area contributed by atoms with Crippen LogP contribution in [-0.4, -0.2) is 15.6 Å². The fourth-order valence-electron chi connectivity index (χ4n) is 2.49. The minimum atomic E-state index is -0.639.